The predicted octanol–water partition coefficient (Wildman–Crippen LogP) is 6.49. The normalized spacial score (nSPS) is 11.9. The Kier molecular flexibility index (Phi) is 8.51. The van der Waals surface area contributed by atoms with Crippen LogP contribution in [-0.4, -0.2) is 20.8 Å². The number of carboxylic acids is 1. The second-order valence-corrected chi connectivity index (χ2v) is 12.0. The van der Waals surface area contributed by atoms with Crippen molar-refractivity contribution in [3.8, 4) is 11.8 Å². The summed E-state index contributed by atoms with van der Waals surface area (Å²) in [5.74, 6) is 6.10. The van der Waals surface area contributed by atoms with Crippen LogP contribution >= 0.6 is 0 Å². The quantitative estimate of drug-likeness (QED) is 0.389. The highest BCUT2D eigenvalue weighted by Crippen LogP contribution is 2.34. The topological polar surface area (TPSA) is 46.5 Å². The van der Waals surface area contributed by atoms with E-state index in [2.05, 4.69) is 78.5 Å². The van der Waals surface area contributed by atoms with Crippen molar-refractivity contribution < 1.29 is 14.3 Å². The number of hydrogen-bond donors (Lipinski definition) is 1. The molecule has 2 aromatic rings. The molecule has 0 bridgehead atoms. The zero-order valence-electron chi connectivity index (χ0n) is 20.7. The molecule has 2 radical (unpaired) electrons. The summed E-state index contributed by atoms with van der Waals surface area (Å²) in [6.07, 6.45) is 0.832. The van der Waals surface area contributed by atoms with Crippen LogP contribution in [0.4, 0.5) is 0 Å². The van der Waals surface area contributed by atoms with Gasteiger partial charge in [0.15, 0.2) is 0 Å². The molecule has 0 atom stereocenters. The van der Waals surface area contributed by atoms with Gasteiger partial charge in [-0.1, -0.05) is 65.5 Å². The Morgan fingerprint density at radius 2 is 1.59 bits per heavy atom. The lowest BCUT2D eigenvalue weighted by Crippen LogP contribution is -2.29. The van der Waals surface area contributed by atoms with Gasteiger partial charge in [-0.25, -0.2) is 0 Å². The first kappa shape index (κ1) is 25.9. The van der Waals surface area contributed by atoms with Crippen LogP contribution in [0.3, 0.4) is 0 Å². The standard InChI is InChI=1S/C28H36O3Si/c1-9-22-16-20(12-14-23(22)18-26(29)30)10-11-21-13-15-25(24(17-21)19(2)3)28(7,8)31-32-27(4,5)6/h12-17,19H,9,18H2,1-8H3,(H,29,30). The minimum absolute atomic E-state index is 0.0454. The lowest BCUT2D eigenvalue weighted by Gasteiger charge is -2.32. The van der Waals surface area contributed by atoms with Crippen LogP contribution in [0.25, 0.3) is 0 Å². The summed E-state index contributed by atoms with van der Waals surface area (Å²) in [5.41, 5.74) is 5.87. The maximum Gasteiger partial charge on any atom is 0.307 e. The predicted molar refractivity (Wildman–Crippen MR) is 133 cm³/mol. The number of hydrogen-bond acceptors (Lipinski definition) is 2. The maximum atomic E-state index is 11.1. The van der Waals surface area contributed by atoms with E-state index in [4.69, 9.17) is 9.53 Å². The molecule has 4 heteroatoms. The number of carbonyl (C=O) groups is 1. The molecular weight excluding hydrogens is 412 g/mol. The van der Waals surface area contributed by atoms with Crippen LogP contribution in [-0.2, 0) is 27.7 Å². The van der Waals surface area contributed by atoms with Crippen molar-refractivity contribution in [3.63, 3.8) is 0 Å². The van der Waals surface area contributed by atoms with E-state index in [0.29, 0.717) is 15.7 Å². The third-order valence-corrected chi connectivity index (χ3v) is 6.44. The summed E-state index contributed by atoms with van der Waals surface area (Å²) < 4.78 is 6.35. The zero-order chi connectivity index (χ0) is 24.1. The summed E-state index contributed by atoms with van der Waals surface area (Å²) in [6, 6.07) is 12.2. The summed E-state index contributed by atoms with van der Waals surface area (Å²) >= 11 is 0. The fraction of sp³-hybridized carbons (Fsp3) is 0.464. The van der Waals surface area contributed by atoms with Crippen molar-refractivity contribution in [3.05, 3.63) is 69.8 Å². The van der Waals surface area contributed by atoms with Gasteiger partial charge < -0.3 is 9.53 Å². The van der Waals surface area contributed by atoms with E-state index in [1.165, 1.54) is 11.1 Å². The van der Waals surface area contributed by atoms with Crippen LogP contribution in [0.1, 0.15) is 94.7 Å². The van der Waals surface area contributed by atoms with Crippen molar-refractivity contribution in [2.45, 2.75) is 84.8 Å². The smallest absolute Gasteiger partial charge is 0.307 e. The third kappa shape index (κ3) is 7.36. The second kappa shape index (κ2) is 10.5. The lowest BCUT2D eigenvalue weighted by atomic mass is 9.86. The first-order valence-corrected chi connectivity index (χ1v) is 12.2. The number of rotatable bonds is 7. The molecule has 170 valence electrons. The summed E-state index contributed by atoms with van der Waals surface area (Å²) in [4.78, 5) is 11.1. The van der Waals surface area contributed by atoms with Gasteiger partial charge >= 0.3 is 5.97 Å². The molecule has 0 saturated carbocycles. The summed E-state index contributed by atoms with van der Waals surface area (Å²) in [7, 11) is 0.418. The van der Waals surface area contributed by atoms with Gasteiger partial charge in [-0.2, -0.15) is 0 Å². The molecular formula is C28H36O3Si. The fourth-order valence-corrected chi connectivity index (χ4v) is 4.19. The van der Waals surface area contributed by atoms with Crippen molar-refractivity contribution in [2.24, 2.45) is 0 Å². The van der Waals surface area contributed by atoms with Gasteiger partial charge in [-0.3, -0.25) is 4.79 Å². The van der Waals surface area contributed by atoms with Crippen LogP contribution in [0.5, 0.6) is 0 Å². The minimum atomic E-state index is -0.810. The Morgan fingerprint density at radius 3 is 2.12 bits per heavy atom. The first-order valence-electron chi connectivity index (χ1n) is 11.3. The van der Waals surface area contributed by atoms with E-state index in [1.54, 1.807) is 0 Å². The van der Waals surface area contributed by atoms with E-state index < -0.39 is 5.97 Å². The molecule has 0 unspecified atom stereocenters. The van der Waals surface area contributed by atoms with Crippen LogP contribution < -0.4 is 0 Å². The molecule has 0 fully saturated rings. The van der Waals surface area contributed by atoms with Gasteiger partial charge in [-0.15, -0.1) is 0 Å². The van der Waals surface area contributed by atoms with Gasteiger partial charge in [0.2, 0.25) is 9.76 Å². The number of carboxylic acid groups (broad SMARTS) is 1. The van der Waals surface area contributed by atoms with E-state index in [-0.39, 0.29) is 17.1 Å². The minimum Gasteiger partial charge on any atom is -0.481 e. The first-order chi connectivity index (χ1) is 14.8. The molecule has 2 aromatic carbocycles. The van der Waals surface area contributed by atoms with Crippen molar-refractivity contribution in [1.29, 1.82) is 0 Å². The van der Waals surface area contributed by atoms with Crippen molar-refractivity contribution >= 4 is 15.7 Å². The molecule has 0 amide bonds. The lowest BCUT2D eigenvalue weighted by molar-refractivity contribution is -0.136. The van der Waals surface area contributed by atoms with Crippen molar-refractivity contribution in [1.82, 2.24) is 0 Å². The molecule has 32 heavy (non-hydrogen) atoms. The van der Waals surface area contributed by atoms with E-state index in [0.717, 1.165) is 28.7 Å². The molecule has 2 rings (SSSR count). The Labute approximate surface area is 196 Å². The largest absolute Gasteiger partial charge is 0.481 e. The molecule has 0 aliphatic heterocycles. The SMILES string of the molecule is CCc1cc(C#Cc2ccc(C(C)(C)O[Si]C(C)(C)C)c(C(C)C)c2)ccc1CC(=O)O. The molecule has 0 aromatic heterocycles. The van der Waals surface area contributed by atoms with Crippen LogP contribution in [0.15, 0.2) is 36.4 Å². The van der Waals surface area contributed by atoms with Gasteiger partial charge in [0.05, 0.1) is 12.0 Å². The van der Waals surface area contributed by atoms with Crippen molar-refractivity contribution in [2.75, 3.05) is 0 Å². The Bertz CT molecular complexity index is 1020. The maximum absolute atomic E-state index is 11.1. The average molecular weight is 449 g/mol. The highest BCUT2D eigenvalue weighted by Gasteiger charge is 2.28. The van der Waals surface area contributed by atoms with Gasteiger partial charge in [-0.05, 0) is 77.7 Å². The fourth-order valence-electron chi connectivity index (χ4n) is 3.51. The average Bonchev–Trinajstić information content (AvgIpc) is 2.70. The summed E-state index contributed by atoms with van der Waals surface area (Å²) in [6.45, 7) is 17.3. The molecule has 0 aliphatic rings. The highest BCUT2D eigenvalue weighted by atomic mass is 28.2. The molecule has 0 saturated heterocycles. The van der Waals surface area contributed by atoms with Gasteiger partial charge in [0, 0.05) is 11.1 Å². The Morgan fingerprint density at radius 1 is 1.00 bits per heavy atom. The van der Waals surface area contributed by atoms with E-state index in [1.807, 2.05) is 25.1 Å². The van der Waals surface area contributed by atoms with E-state index in [9.17, 15) is 4.79 Å². The molecule has 3 nitrogen and oxygen atoms in total. The third-order valence-electron chi connectivity index (χ3n) is 5.21. The van der Waals surface area contributed by atoms with Crippen LogP contribution in [0, 0.1) is 11.8 Å². The number of aryl methyl sites for hydroxylation is 1. The number of benzene rings is 2. The molecule has 1 N–H and O–H groups in total. The molecule has 0 aliphatic carbocycles. The van der Waals surface area contributed by atoms with Crippen LogP contribution in [0.2, 0.25) is 5.04 Å². The summed E-state index contributed by atoms with van der Waals surface area (Å²) in [5, 5.41) is 9.23. The second-order valence-electron chi connectivity index (χ2n) is 10.1. The van der Waals surface area contributed by atoms with E-state index >= 15 is 0 Å². The molecule has 0 spiro atoms. The highest BCUT2D eigenvalue weighted by molar-refractivity contribution is 6.31. The molecule has 0 heterocycles. The van der Waals surface area contributed by atoms with Gasteiger partial charge in [0.1, 0.15) is 0 Å². The number of aliphatic carboxylic acids is 1. The Balaban J connectivity index is 2.35. The monoisotopic (exact) mass is 448 g/mol. The zero-order valence-corrected chi connectivity index (χ0v) is 21.7. The Hall–Kier alpha value is -2.35. The van der Waals surface area contributed by atoms with Gasteiger partial charge in [0.25, 0.3) is 0 Å².